The number of hydrogen-bond donors (Lipinski definition) is 2. The third-order valence-corrected chi connectivity index (χ3v) is 5.68. The molecule has 4 rings (SSSR count). The first-order valence-electron chi connectivity index (χ1n) is 11.2. The van der Waals surface area contributed by atoms with Gasteiger partial charge in [0.25, 0.3) is 11.5 Å². The van der Waals surface area contributed by atoms with E-state index in [1.54, 1.807) is 49.4 Å². The van der Waals surface area contributed by atoms with Crippen LogP contribution in [-0.2, 0) is 6.42 Å². The zero-order valence-electron chi connectivity index (χ0n) is 19.1. The van der Waals surface area contributed by atoms with Crippen LogP contribution in [0, 0.1) is 11.8 Å². The summed E-state index contributed by atoms with van der Waals surface area (Å²) in [5, 5.41) is 3.15. The Hall–Kier alpha value is -4.37. The van der Waals surface area contributed by atoms with Crippen molar-refractivity contribution in [3.05, 3.63) is 116 Å². The van der Waals surface area contributed by atoms with Gasteiger partial charge in [-0.25, -0.2) is 4.79 Å². The van der Waals surface area contributed by atoms with Crippen molar-refractivity contribution in [2.24, 2.45) is 0 Å². The average Bonchev–Trinajstić information content (AvgIpc) is 2.85. The van der Waals surface area contributed by atoms with Gasteiger partial charge in [-0.2, -0.15) is 0 Å². The Bertz CT molecular complexity index is 1500. The van der Waals surface area contributed by atoms with Crippen molar-refractivity contribution in [1.29, 1.82) is 0 Å². The first-order valence-corrected chi connectivity index (χ1v) is 11.2. The number of carbonyl (C=O) groups is 1. The topological polar surface area (TPSA) is 84.0 Å². The van der Waals surface area contributed by atoms with E-state index in [4.69, 9.17) is 0 Å². The van der Waals surface area contributed by atoms with Gasteiger partial charge in [-0.3, -0.25) is 14.2 Å². The van der Waals surface area contributed by atoms with Crippen molar-refractivity contribution in [2.45, 2.75) is 26.3 Å². The predicted molar refractivity (Wildman–Crippen MR) is 134 cm³/mol. The molecule has 1 atom stereocenters. The van der Waals surface area contributed by atoms with Crippen LogP contribution in [0.5, 0.6) is 0 Å². The molecule has 0 saturated carbocycles. The molecule has 2 N–H and O–H groups in total. The zero-order valence-corrected chi connectivity index (χ0v) is 19.1. The molecule has 0 bridgehead atoms. The molecule has 0 fully saturated rings. The van der Waals surface area contributed by atoms with Crippen LogP contribution in [0.15, 0.2) is 82.4 Å². The monoisotopic (exact) mass is 451 g/mol. The highest BCUT2D eigenvalue weighted by atomic mass is 16.2. The zero-order chi connectivity index (χ0) is 24.1. The Morgan fingerprint density at radius 1 is 1.03 bits per heavy atom. The Kier molecular flexibility index (Phi) is 6.74. The molecule has 1 unspecified atom stereocenters. The summed E-state index contributed by atoms with van der Waals surface area (Å²) in [6, 6.07) is 21.5. The van der Waals surface area contributed by atoms with Crippen molar-refractivity contribution in [3.63, 3.8) is 0 Å². The summed E-state index contributed by atoms with van der Waals surface area (Å²) in [6.45, 7) is 4.18. The molecule has 4 aromatic rings. The summed E-state index contributed by atoms with van der Waals surface area (Å²) >= 11 is 0. The highest BCUT2D eigenvalue weighted by Crippen LogP contribution is 2.17. The van der Waals surface area contributed by atoms with Gasteiger partial charge < -0.3 is 10.3 Å². The van der Waals surface area contributed by atoms with Gasteiger partial charge in [-0.1, -0.05) is 54.3 Å². The number of nitrogens with one attached hydrogen (secondary N) is 2. The molecule has 0 radical (unpaired) electrons. The fourth-order valence-electron chi connectivity index (χ4n) is 3.83. The normalized spacial score (nSPS) is 11.5. The molecule has 0 saturated heterocycles. The van der Waals surface area contributed by atoms with Gasteiger partial charge in [-0.15, -0.1) is 0 Å². The van der Waals surface area contributed by atoms with Crippen LogP contribution >= 0.6 is 0 Å². The highest BCUT2D eigenvalue weighted by molar-refractivity contribution is 5.94. The number of nitrogens with zero attached hydrogens (tertiary/aromatic N) is 1. The summed E-state index contributed by atoms with van der Waals surface area (Å²) in [5.41, 5.74) is 2.70. The SMILES string of the molecule is CCNC(=O)c1ccc(C(C)n2c(=O)[nH]c3ccc(C#CCc4ccccc4)cc3c2=O)cc1. The molecule has 1 heterocycles. The molecule has 0 aliphatic heterocycles. The van der Waals surface area contributed by atoms with Gasteiger partial charge in [0.2, 0.25) is 0 Å². The van der Waals surface area contributed by atoms with E-state index in [-0.39, 0.29) is 11.5 Å². The molecule has 3 aromatic carbocycles. The summed E-state index contributed by atoms with van der Waals surface area (Å²) < 4.78 is 1.20. The lowest BCUT2D eigenvalue weighted by Crippen LogP contribution is -2.37. The Balaban J connectivity index is 1.66. The van der Waals surface area contributed by atoms with E-state index in [0.717, 1.165) is 11.1 Å². The van der Waals surface area contributed by atoms with Gasteiger partial charge in [0.1, 0.15) is 0 Å². The van der Waals surface area contributed by atoms with Crippen molar-refractivity contribution in [3.8, 4) is 11.8 Å². The third kappa shape index (κ3) is 4.84. The van der Waals surface area contributed by atoms with Crippen molar-refractivity contribution in [2.75, 3.05) is 6.54 Å². The summed E-state index contributed by atoms with van der Waals surface area (Å²) in [6.07, 6.45) is 0.609. The van der Waals surface area contributed by atoms with Gasteiger partial charge >= 0.3 is 5.69 Å². The minimum absolute atomic E-state index is 0.164. The van der Waals surface area contributed by atoms with Crippen LogP contribution in [0.3, 0.4) is 0 Å². The number of carbonyl (C=O) groups excluding carboxylic acids is 1. The smallest absolute Gasteiger partial charge is 0.329 e. The highest BCUT2D eigenvalue weighted by Gasteiger charge is 2.16. The number of rotatable bonds is 5. The second kappa shape index (κ2) is 10.1. The fourth-order valence-corrected chi connectivity index (χ4v) is 3.83. The van der Waals surface area contributed by atoms with E-state index < -0.39 is 11.7 Å². The van der Waals surface area contributed by atoms with Gasteiger partial charge in [0, 0.05) is 24.1 Å². The molecule has 0 aliphatic rings. The van der Waals surface area contributed by atoms with Crippen LogP contribution in [0.4, 0.5) is 0 Å². The molecule has 1 amide bonds. The molecular weight excluding hydrogens is 426 g/mol. The van der Waals surface area contributed by atoms with Gasteiger partial charge in [0.05, 0.1) is 16.9 Å². The van der Waals surface area contributed by atoms with Gasteiger partial charge in [0.15, 0.2) is 0 Å². The second-order valence-corrected chi connectivity index (χ2v) is 7.99. The lowest BCUT2D eigenvalue weighted by atomic mass is 10.0. The Morgan fingerprint density at radius 2 is 1.76 bits per heavy atom. The standard InChI is InChI=1S/C28H25N3O3/c1-3-29-26(32)23-15-13-22(14-16-23)19(2)31-27(33)24-18-21(12-17-25(24)30-28(31)34)11-7-10-20-8-5-4-6-9-20/h4-6,8-9,12-19H,3,10H2,1-2H3,(H,29,32)(H,30,34). The van der Waals surface area contributed by atoms with Crippen molar-refractivity contribution in [1.82, 2.24) is 14.9 Å². The lowest BCUT2D eigenvalue weighted by Gasteiger charge is -2.16. The first kappa shape index (κ1) is 22.8. The van der Waals surface area contributed by atoms with Crippen LogP contribution in [-0.4, -0.2) is 22.0 Å². The molecule has 0 spiro atoms. The molecule has 34 heavy (non-hydrogen) atoms. The number of benzene rings is 3. The predicted octanol–water partition coefficient (Wildman–Crippen LogP) is 3.64. The molecule has 6 nitrogen and oxygen atoms in total. The van der Waals surface area contributed by atoms with E-state index in [0.29, 0.717) is 35.0 Å². The average molecular weight is 452 g/mol. The number of fused-ring (bicyclic) bond motifs is 1. The van der Waals surface area contributed by atoms with E-state index in [1.807, 2.05) is 37.3 Å². The third-order valence-electron chi connectivity index (χ3n) is 5.68. The van der Waals surface area contributed by atoms with Crippen LogP contribution < -0.4 is 16.6 Å². The fraction of sp³-hybridized carbons (Fsp3) is 0.179. The number of amides is 1. The minimum atomic E-state index is -0.517. The van der Waals surface area contributed by atoms with Crippen molar-refractivity contribution < 1.29 is 4.79 Å². The Labute approximate surface area is 197 Å². The molecule has 1 aromatic heterocycles. The number of H-pyrrole nitrogens is 1. The van der Waals surface area contributed by atoms with E-state index in [9.17, 15) is 14.4 Å². The van der Waals surface area contributed by atoms with Crippen LogP contribution in [0.1, 0.15) is 46.9 Å². The molecule has 6 heteroatoms. The second-order valence-electron chi connectivity index (χ2n) is 7.99. The largest absolute Gasteiger partial charge is 0.352 e. The maximum atomic E-state index is 13.3. The molecule has 170 valence electrons. The minimum Gasteiger partial charge on any atom is -0.352 e. The summed E-state index contributed by atoms with van der Waals surface area (Å²) in [5.74, 6) is 6.08. The molecular formula is C28H25N3O3. The maximum absolute atomic E-state index is 13.3. The maximum Gasteiger partial charge on any atom is 0.329 e. The quantitative estimate of drug-likeness (QED) is 0.455. The van der Waals surface area contributed by atoms with Crippen LogP contribution in [0.25, 0.3) is 10.9 Å². The van der Waals surface area contributed by atoms with E-state index >= 15 is 0 Å². The van der Waals surface area contributed by atoms with Gasteiger partial charge in [-0.05, 0) is 55.3 Å². The number of aromatic amines is 1. The van der Waals surface area contributed by atoms with Crippen LogP contribution in [0.2, 0.25) is 0 Å². The molecule has 0 aliphatic carbocycles. The summed E-state index contributed by atoms with van der Waals surface area (Å²) in [7, 11) is 0. The van der Waals surface area contributed by atoms with E-state index in [2.05, 4.69) is 22.1 Å². The lowest BCUT2D eigenvalue weighted by molar-refractivity contribution is 0.0956. The number of hydrogen-bond acceptors (Lipinski definition) is 3. The summed E-state index contributed by atoms with van der Waals surface area (Å²) in [4.78, 5) is 40.9. The van der Waals surface area contributed by atoms with E-state index in [1.165, 1.54) is 4.57 Å². The Morgan fingerprint density at radius 3 is 2.47 bits per heavy atom. The van der Waals surface area contributed by atoms with Crippen molar-refractivity contribution >= 4 is 16.8 Å². The first-order chi connectivity index (χ1) is 16.5. The number of aromatic nitrogens is 2.